The van der Waals surface area contributed by atoms with Gasteiger partial charge in [-0.2, -0.15) is 0 Å². The summed E-state index contributed by atoms with van der Waals surface area (Å²) >= 11 is 5.68. The zero-order valence-electron chi connectivity index (χ0n) is 10.1. The van der Waals surface area contributed by atoms with Crippen molar-refractivity contribution in [2.24, 2.45) is 0 Å². The fourth-order valence-corrected chi connectivity index (χ4v) is 2.24. The molecule has 0 saturated carbocycles. The van der Waals surface area contributed by atoms with Gasteiger partial charge in [0.2, 0.25) is 5.91 Å². The number of likely N-dealkylation sites (tertiary alicyclic amines) is 1. The van der Waals surface area contributed by atoms with Crippen molar-refractivity contribution in [2.45, 2.75) is 19.4 Å². The molecule has 1 aliphatic heterocycles. The number of halogens is 2. The number of rotatable bonds is 4. The van der Waals surface area contributed by atoms with Crippen LogP contribution in [0.1, 0.15) is 18.4 Å². The van der Waals surface area contributed by atoms with E-state index in [4.69, 9.17) is 11.6 Å². The molecule has 3 nitrogen and oxygen atoms in total. The van der Waals surface area contributed by atoms with Crippen molar-refractivity contribution in [3.05, 3.63) is 34.6 Å². The average molecular weight is 271 g/mol. The Kier molecular flexibility index (Phi) is 4.55. The maximum atomic E-state index is 12.9. The summed E-state index contributed by atoms with van der Waals surface area (Å²) in [5, 5.41) is 3.16. The molecule has 0 bridgehead atoms. The van der Waals surface area contributed by atoms with E-state index in [0.29, 0.717) is 13.1 Å². The highest BCUT2D eigenvalue weighted by molar-refractivity contribution is 6.30. The number of carbonyl (C=O) groups is 1. The van der Waals surface area contributed by atoms with Crippen LogP contribution in [0.25, 0.3) is 0 Å². The summed E-state index contributed by atoms with van der Waals surface area (Å²) in [6, 6.07) is 4.57. The van der Waals surface area contributed by atoms with Crippen LogP contribution in [-0.4, -0.2) is 30.4 Å². The minimum Gasteiger partial charge on any atom is -0.342 e. The van der Waals surface area contributed by atoms with Crippen LogP contribution in [0.3, 0.4) is 0 Å². The second-order valence-electron chi connectivity index (χ2n) is 4.44. The van der Waals surface area contributed by atoms with E-state index >= 15 is 0 Å². The van der Waals surface area contributed by atoms with Crippen molar-refractivity contribution < 1.29 is 9.18 Å². The molecule has 0 spiro atoms. The van der Waals surface area contributed by atoms with Gasteiger partial charge in [0.1, 0.15) is 5.82 Å². The van der Waals surface area contributed by atoms with Crippen molar-refractivity contribution >= 4 is 17.5 Å². The smallest absolute Gasteiger partial charge is 0.236 e. The predicted molar refractivity (Wildman–Crippen MR) is 68.9 cm³/mol. The summed E-state index contributed by atoms with van der Waals surface area (Å²) in [5.74, 6) is -0.297. The van der Waals surface area contributed by atoms with E-state index in [1.54, 1.807) is 12.1 Å². The molecule has 1 heterocycles. The van der Waals surface area contributed by atoms with Crippen LogP contribution in [0, 0.1) is 5.82 Å². The van der Waals surface area contributed by atoms with Gasteiger partial charge >= 0.3 is 0 Å². The molecular formula is C13H16ClFN2O. The van der Waals surface area contributed by atoms with Gasteiger partial charge < -0.3 is 10.2 Å². The van der Waals surface area contributed by atoms with Crippen LogP contribution in [0.2, 0.25) is 5.02 Å². The third-order valence-electron chi connectivity index (χ3n) is 3.05. The molecule has 1 amide bonds. The third kappa shape index (κ3) is 3.43. The molecule has 0 unspecified atom stereocenters. The largest absolute Gasteiger partial charge is 0.342 e. The molecule has 1 aromatic carbocycles. The van der Waals surface area contributed by atoms with Crippen molar-refractivity contribution in [3.63, 3.8) is 0 Å². The van der Waals surface area contributed by atoms with Crippen LogP contribution in [0.5, 0.6) is 0 Å². The van der Waals surface area contributed by atoms with Gasteiger partial charge in [-0.15, -0.1) is 0 Å². The number of carbonyl (C=O) groups excluding carboxylic acids is 1. The first-order valence-corrected chi connectivity index (χ1v) is 6.47. The number of nitrogens with zero attached hydrogens (tertiary/aromatic N) is 1. The second kappa shape index (κ2) is 6.16. The van der Waals surface area contributed by atoms with Gasteiger partial charge in [0, 0.05) is 19.6 Å². The Labute approximate surface area is 111 Å². The molecular weight excluding hydrogens is 255 g/mol. The molecule has 0 radical (unpaired) electrons. The zero-order valence-corrected chi connectivity index (χ0v) is 10.8. The summed E-state index contributed by atoms with van der Waals surface area (Å²) in [5.41, 5.74) is 0.871. The lowest BCUT2D eigenvalue weighted by atomic mass is 10.2. The topological polar surface area (TPSA) is 32.3 Å². The number of nitrogens with one attached hydrogen (secondary N) is 1. The molecule has 18 heavy (non-hydrogen) atoms. The fourth-order valence-electron chi connectivity index (χ4n) is 2.04. The summed E-state index contributed by atoms with van der Waals surface area (Å²) in [6.45, 7) is 2.56. The molecule has 98 valence electrons. The van der Waals surface area contributed by atoms with E-state index in [0.717, 1.165) is 31.5 Å². The Morgan fingerprint density at radius 1 is 1.39 bits per heavy atom. The molecule has 0 atom stereocenters. The third-order valence-corrected chi connectivity index (χ3v) is 3.34. The van der Waals surface area contributed by atoms with E-state index in [1.165, 1.54) is 6.07 Å². The van der Waals surface area contributed by atoms with E-state index in [-0.39, 0.29) is 10.9 Å². The van der Waals surface area contributed by atoms with Crippen molar-refractivity contribution in [1.82, 2.24) is 10.2 Å². The maximum absolute atomic E-state index is 12.9. The van der Waals surface area contributed by atoms with Gasteiger partial charge in [-0.1, -0.05) is 17.7 Å². The summed E-state index contributed by atoms with van der Waals surface area (Å²) < 4.78 is 12.9. The number of hydrogen-bond acceptors (Lipinski definition) is 2. The summed E-state index contributed by atoms with van der Waals surface area (Å²) in [6.07, 6.45) is 2.19. The van der Waals surface area contributed by atoms with Gasteiger partial charge in [0.15, 0.2) is 0 Å². The minimum absolute atomic E-state index is 0.111. The molecule has 1 N–H and O–H groups in total. The number of benzene rings is 1. The maximum Gasteiger partial charge on any atom is 0.236 e. The quantitative estimate of drug-likeness (QED) is 0.910. The highest BCUT2D eigenvalue weighted by Gasteiger charge is 2.16. The van der Waals surface area contributed by atoms with Gasteiger partial charge in [0.25, 0.3) is 0 Å². The predicted octanol–water partition coefficient (Wildman–Crippen LogP) is 2.19. The number of amides is 1. The molecule has 0 aliphatic carbocycles. The van der Waals surface area contributed by atoms with Crippen LogP contribution in [-0.2, 0) is 11.3 Å². The summed E-state index contributed by atoms with van der Waals surface area (Å²) in [7, 11) is 0. The van der Waals surface area contributed by atoms with Crippen molar-refractivity contribution in [2.75, 3.05) is 19.6 Å². The lowest BCUT2D eigenvalue weighted by Gasteiger charge is -2.15. The Hall–Kier alpha value is -1.13. The van der Waals surface area contributed by atoms with Gasteiger partial charge in [0.05, 0.1) is 11.6 Å². The molecule has 1 aliphatic rings. The summed E-state index contributed by atoms with van der Waals surface area (Å²) in [4.78, 5) is 13.6. The monoisotopic (exact) mass is 270 g/mol. The van der Waals surface area contributed by atoms with E-state index in [1.807, 2.05) is 4.90 Å². The first-order valence-electron chi connectivity index (χ1n) is 6.09. The Bertz CT molecular complexity index is 433. The van der Waals surface area contributed by atoms with Gasteiger partial charge in [-0.3, -0.25) is 4.79 Å². The van der Waals surface area contributed by atoms with Crippen molar-refractivity contribution in [1.29, 1.82) is 0 Å². The van der Waals surface area contributed by atoms with E-state index in [2.05, 4.69) is 5.32 Å². The lowest BCUT2D eigenvalue weighted by molar-refractivity contribution is -0.129. The second-order valence-corrected chi connectivity index (χ2v) is 4.85. The highest BCUT2D eigenvalue weighted by Crippen LogP contribution is 2.15. The molecule has 1 saturated heterocycles. The average Bonchev–Trinajstić information content (AvgIpc) is 2.87. The molecule has 1 fully saturated rings. The first kappa shape index (κ1) is 13.3. The molecule has 1 aromatic rings. The standard InChI is InChI=1S/C13H16ClFN2O/c14-11-7-10(3-4-12(11)15)8-16-9-13(18)17-5-1-2-6-17/h3-4,7,16H,1-2,5-6,8-9H2. The van der Waals surface area contributed by atoms with Crippen LogP contribution in [0.4, 0.5) is 4.39 Å². The molecule has 5 heteroatoms. The first-order chi connectivity index (χ1) is 8.66. The number of hydrogen-bond donors (Lipinski definition) is 1. The lowest BCUT2D eigenvalue weighted by Crippen LogP contribution is -2.35. The highest BCUT2D eigenvalue weighted by atomic mass is 35.5. The fraction of sp³-hybridized carbons (Fsp3) is 0.462. The zero-order chi connectivity index (χ0) is 13.0. The Morgan fingerprint density at radius 3 is 2.78 bits per heavy atom. The van der Waals surface area contributed by atoms with Crippen molar-refractivity contribution in [3.8, 4) is 0 Å². The van der Waals surface area contributed by atoms with Gasteiger partial charge in [-0.05, 0) is 30.5 Å². The molecule has 2 rings (SSSR count). The van der Waals surface area contributed by atoms with Gasteiger partial charge in [-0.25, -0.2) is 4.39 Å². The Morgan fingerprint density at radius 2 is 2.11 bits per heavy atom. The van der Waals surface area contributed by atoms with Crippen LogP contribution < -0.4 is 5.32 Å². The SMILES string of the molecule is O=C(CNCc1ccc(F)c(Cl)c1)N1CCCC1. The minimum atomic E-state index is -0.423. The normalized spacial score (nSPS) is 15.1. The van der Waals surface area contributed by atoms with E-state index in [9.17, 15) is 9.18 Å². The Balaban J connectivity index is 1.77. The van der Waals surface area contributed by atoms with Crippen LogP contribution in [0.15, 0.2) is 18.2 Å². The van der Waals surface area contributed by atoms with E-state index < -0.39 is 5.82 Å². The van der Waals surface area contributed by atoms with Crippen LogP contribution >= 0.6 is 11.6 Å². The molecule has 0 aromatic heterocycles.